The van der Waals surface area contributed by atoms with E-state index in [0.717, 1.165) is 29.7 Å². The van der Waals surface area contributed by atoms with Gasteiger partial charge in [0.25, 0.3) is 0 Å². The maximum absolute atomic E-state index is 6.01. The van der Waals surface area contributed by atoms with Crippen molar-refractivity contribution in [3.05, 3.63) is 34.3 Å². The summed E-state index contributed by atoms with van der Waals surface area (Å²) in [6, 6.07) is 6.89. The molecule has 0 bridgehead atoms. The lowest BCUT2D eigenvalue weighted by Gasteiger charge is -2.13. The fourth-order valence-electron chi connectivity index (χ4n) is 2.34. The molecule has 0 amide bonds. The fraction of sp³-hybridized carbons (Fsp3) is 0.571. The van der Waals surface area contributed by atoms with E-state index < -0.39 is 0 Å². The molecule has 1 aliphatic rings. The number of hydrogen-bond donors (Lipinski definition) is 1. The van der Waals surface area contributed by atoms with Crippen molar-refractivity contribution in [3.8, 4) is 0 Å². The molecule has 1 aromatic carbocycles. The second-order valence-corrected chi connectivity index (χ2v) is 6.52. The number of rotatable bonds is 5. The van der Waals surface area contributed by atoms with Crippen LogP contribution >= 0.6 is 23.4 Å². The topological polar surface area (TPSA) is 12.0 Å². The molecule has 2 atom stereocenters. The van der Waals surface area contributed by atoms with Gasteiger partial charge in [0.15, 0.2) is 0 Å². The Hall–Kier alpha value is -0.180. The minimum absolute atomic E-state index is 0.609. The highest BCUT2D eigenvalue weighted by molar-refractivity contribution is 7.99. The molecule has 0 radical (unpaired) electrons. The van der Waals surface area contributed by atoms with E-state index in [0.29, 0.717) is 6.04 Å². The molecule has 3 heteroatoms. The quantitative estimate of drug-likeness (QED) is 0.878. The molecule has 0 spiro atoms. The Morgan fingerprint density at radius 3 is 2.94 bits per heavy atom. The van der Waals surface area contributed by atoms with Gasteiger partial charge in [0.1, 0.15) is 0 Å². The molecule has 0 saturated carbocycles. The molecule has 17 heavy (non-hydrogen) atoms. The molecule has 1 aliphatic carbocycles. The minimum atomic E-state index is 0.609. The zero-order valence-corrected chi connectivity index (χ0v) is 12.1. The Morgan fingerprint density at radius 1 is 1.41 bits per heavy atom. The summed E-state index contributed by atoms with van der Waals surface area (Å²) in [6.45, 7) is 3.41. The van der Waals surface area contributed by atoms with Crippen molar-refractivity contribution in [1.82, 2.24) is 5.32 Å². The van der Waals surface area contributed by atoms with Crippen LogP contribution in [0.4, 0.5) is 0 Å². The maximum Gasteiger partial charge on any atom is 0.0408 e. The summed E-state index contributed by atoms with van der Waals surface area (Å²) in [6.07, 6.45) is 5.70. The van der Waals surface area contributed by atoms with E-state index in [1.807, 2.05) is 17.8 Å². The number of hydrogen-bond acceptors (Lipinski definition) is 2. The van der Waals surface area contributed by atoms with Crippen LogP contribution in [0.5, 0.6) is 0 Å². The predicted octanol–water partition coefficient (Wildman–Crippen LogP) is 3.54. The average Bonchev–Trinajstić information content (AvgIpc) is 2.70. The van der Waals surface area contributed by atoms with Crippen molar-refractivity contribution in [2.45, 2.75) is 37.5 Å². The first-order chi connectivity index (χ1) is 8.19. The van der Waals surface area contributed by atoms with Gasteiger partial charge in [-0.05, 0) is 55.3 Å². The Kier molecular flexibility index (Phi) is 4.78. The number of fused-ring (bicyclic) bond motifs is 1. The van der Waals surface area contributed by atoms with Gasteiger partial charge in [-0.15, -0.1) is 0 Å². The van der Waals surface area contributed by atoms with Crippen LogP contribution < -0.4 is 5.32 Å². The highest BCUT2D eigenvalue weighted by Crippen LogP contribution is 2.25. The molecular weight excluding hydrogens is 250 g/mol. The zero-order chi connectivity index (χ0) is 12.3. The van der Waals surface area contributed by atoms with Gasteiger partial charge in [-0.1, -0.05) is 24.6 Å². The smallest absolute Gasteiger partial charge is 0.0408 e. The molecular formula is C14H20ClNS. The van der Waals surface area contributed by atoms with Crippen LogP contribution in [0.3, 0.4) is 0 Å². The third kappa shape index (κ3) is 3.64. The molecule has 0 saturated heterocycles. The van der Waals surface area contributed by atoms with Gasteiger partial charge >= 0.3 is 0 Å². The second kappa shape index (κ2) is 6.12. The van der Waals surface area contributed by atoms with Gasteiger partial charge in [-0.3, -0.25) is 0 Å². The van der Waals surface area contributed by atoms with E-state index in [9.17, 15) is 0 Å². The van der Waals surface area contributed by atoms with E-state index in [1.54, 1.807) is 0 Å². The summed E-state index contributed by atoms with van der Waals surface area (Å²) in [5.74, 6) is 0. The summed E-state index contributed by atoms with van der Waals surface area (Å²) >= 11 is 7.95. The molecule has 1 N–H and O–H groups in total. The highest BCUT2D eigenvalue weighted by atomic mass is 35.5. The molecule has 1 aromatic rings. The van der Waals surface area contributed by atoms with Gasteiger partial charge < -0.3 is 5.32 Å². The Morgan fingerprint density at radius 2 is 2.18 bits per heavy atom. The van der Waals surface area contributed by atoms with E-state index in [-0.39, 0.29) is 0 Å². The van der Waals surface area contributed by atoms with Gasteiger partial charge in [-0.25, -0.2) is 0 Å². The van der Waals surface area contributed by atoms with E-state index in [1.165, 1.54) is 17.5 Å². The van der Waals surface area contributed by atoms with Crippen molar-refractivity contribution in [1.29, 1.82) is 0 Å². The second-order valence-electron chi connectivity index (χ2n) is 4.81. The Labute approximate surface area is 113 Å². The third-order valence-corrected chi connectivity index (χ3v) is 4.76. The highest BCUT2D eigenvalue weighted by Gasteiger charge is 2.20. The van der Waals surface area contributed by atoms with Crippen LogP contribution in [0, 0.1) is 0 Å². The van der Waals surface area contributed by atoms with Crippen LogP contribution in [0.15, 0.2) is 18.2 Å². The average molecular weight is 270 g/mol. The van der Waals surface area contributed by atoms with Crippen LogP contribution in [-0.2, 0) is 12.8 Å². The summed E-state index contributed by atoms with van der Waals surface area (Å²) < 4.78 is 0. The zero-order valence-electron chi connectivity index (χ0n) is 10.5. The predicted molar refractivity (Wildman–Crippen MR) is 78.2 cm³/mol. The van der Waals surface area contributed by atoms with Crippen LogP contribution in [0.1, 0.15) is 24.5 Å². The van der Waals surface area contributed by atoms with Gasteiger partial charge in [0.05, 0.1) is 0 Å². The number of nitrogens with one attached hydrogen (secondary N) is 1. The lowest BCUT2D eigenvalue weighted by molar-refractivity contribution is 0.523. The van der Waals surface area contributed by atoms with Crippen molar-refractivity contribution < 1.29 is 0 Å². The van der Waals surface area contributed by atoms with E-state index in [2.05, 4.69) is 30.6 Å². The molecule has 0 heterocycles. The van der Waals surface area contributed by atoms with Crippen LogP contribution in [0.25, 0.3) is 0 Å². The van der Waals surface area contributed by atoms with Gasteiger partial charge in [0.2, 0.25) is 0 Å². The molecule has 2 rings (SSSR count). The van der Waals surface area contributed by atoms with Crippen LogP contribution in [0.2, 0.25) is 5.02 Å². The van der Waals surface area contributed by atoms with E-state index in [4.69, 9.17) is 11.6 Å². The van der Waals surface area contributed by atoms with Crippen molar-refractivity contribution in [2.75, 3.05) is 12.8 Å². The Balaban J connectivity index is 1.80. The number of thioether (sulfide) groups is 1. The minimum Gasteiger partial charge on any atom is -0.313 e. The lowest BCUT2D eigenvalue weighted by Crippen LogP contribution is -2.31. The number of halogens is 1. The lowest BCUT2D eigenvalue weighted by atomic mass is 10.1. The molecule has 0 aromatic heterocycles. The fourth-order valence-corrected chi connectivity index (χ4v) is 2.89. The van der Waals surface area contributed by atoms with Crippen LogP contribution in [-0.4, -0.2) is 24.1 Å². The summed E-state index contributed by atoms with van der Waals surface area (Å²) in [5, 5.41) is 5.27. The molecule has 2 unspecified atom stereocenters. The molecule has 1 nitrogen and oxygen atoms in total. The SMILES string of the molecule is CSC(C)CCNC1Cc2ccc(Cl)cc2C1. The largest absolute Gasteiger partial charge is 0.313 e. The first kappa shape index (κ1) is 13.3. The van der Waals surface area contributed by atoms with Gasteiger partial charge in [0, 0.05) is 16.3 Å². The maximum atomic E-state index is 6.01. The third-order valence-electron chi connectivity index (χ3n) is 3.49. The summed E-state index contributed by atoms with van der Waals surface area (Å²) in [4.78, 5) is 0. The van der Waals surface area contributed by atoms with Crippen molar-refractivity contribution in [3.63, 3.8) is 0 Å². The molecule has 94 valence electrons. The number of benzene rings is 1. The summed E-state index contributed by atoms with van der Waals surface area (Å²) in [7, 11) is 0. The standard InChI is InChI=1S/C14H20ClNS/c1-10(17-2)5-6-16-14-8-11-3-4-13(15)7-12(11)9-14/h3-4,7,10,14,16H,5-6,8-9H2,1-2H3. The molecule has 0 aliphatic heterocycles. The van der Waals surface area contributed by atoms with Crippen molar-refractivity contribution in [2.24, 2.45) is 0 Å². The first-order valence-corrected chi connectivity index (χ1v) is 7.89. The van der Waals surface area contributed by atoms with E-state index >= 15 is 0 Å². The normalized spacial score (nSPS) is 20.3. The monoisotopic (exact) mass is 269 g/mol. The summed E-state index contributed by atoms with van der Waals surface area (Å²) in [5.41, 5.74) is 2.89. The van der Waals surface area contributed by atoms with Gasteiger partial charge in [-0.2, -0.15) is 11.8 Å². The Bertz CT molecular complexity index is 380. The molecule has 0 fully saturated rings. The first-order valence-electron chi connectivity index (χ1n) is 6.22. The van der Waals surface area contributed by atoms with Crippen molar-refractivity contribution >= 4 is 23.4 Å².